The first-order valence-electron chi connectivity index (χ1n) is 8.82. The van der Waals surface area contributed by atoms with Gasteiger partial charge in [0.1, 0.15) is 18.4 Å². The molecule has 0 spiro atoms. The smallest absolute Gasteiger partial charge is 0.243 e. The second-order valence-electron chi connectivity index (χ2n) is 6.60. The number of ether oxygens (including phenoxy) is 1. The summed E-state index contributed by atoms with van der Waals surface area (Å²) >= 11 is 5.97. The van der Waals surface area contributed by atoms with Gasteiger partial charge in [-0.15, -0.1) is 0 Å². The van der Waals surface area contributed by atoms with Crippen LogP contribution in [0.2, 0.25) is 5.02 Å². The van der Waals surface area contributed by atoms with Crippen molar-refractivity contribution >= 4 is 33.2 Å². The molecule has 0 radical (unpaired) electrons. The molecule has 0 unspecified atom stereocenters. The quantitative estimate of drug-likeness (QED) is 0.659. The third-order valence-electron chi connectivity index (χ3n) is 4.30. The Kier molecular flexibility index (Phi) is 7.32. The van der Waals surface area contributed by atoms with Crippen LogP contribution in [-0.4, -0.2) is 39.8 Å². The van der Waals surface area contributed by atoms with Crippen molar-refractivity contribution in [3.05, 3.63) is 58.6 Å². The Bertz CT molecular complexity index is 947. The van der Waals surface area contributed by atoms with E-state index < -0.39 is 22.0 Å². The molecule has 152 valence electrons. The lowest BCUT2D eigenvalue weighted by molar-refractivity contribution is -0.121. The average Bonchev–Trinajstić information content (AvgIpc) is 2.60. The van der Waals surface area contributed by atoms with Gasteiger partial charge in [-0.2, -0.15) is 0 Å². The van der Waals surface area contributed by atoms with Gasteiger partial charge in [-0.1, -0.05) is 23.7 Å². The molecule has 0 aliphatic rings. The van der Waals surface area contributed by atoms with Crippen LogP contribution >= 0.6 is 11.6 Å². The number of amides is 1. The zero-order valence-electron chi connectivity index (χ0n) is 16.4. The van der Waals surface area contributed by atoms with E-state index in [0.717, 1.165) is 21.9 Å². The highest BCUT2D eigenvalue weighted by molar-refractivity contribution is 7.92. The first kappa shape index (κ1) is 22.0. The number of carbonyl (C=O) groups excluding carboxylic acids is 1. The van der Waals surface area contributed by atoms with Crippen molar-refractivity contribution < 1.29 is 17.9 Å². The van der Waals surface area contributed by atoms with Gasteiger partial charge in [0.25, 0.3) is 0 Å². The second kappa shape index (κ2) is 9.30. The average molecular weight is 425 g/mol. The molecule has 0 saturated carbocycles. The highest BCUT2D eigenvalue weighted by Gasteiger charge is 2.29. The predicted octanol–water partition coefficient (Wildman–Crippen LogP) is 3.31. The summed E-state index contributed by atoms with van der Waals surface area (Å²) in [5.41, 5.74) is 2.64. The van der Waals surface area contributed by atoms with Gasteiger partial charge in [0.2, 0.25) is 15.9 Å². The summed E-state index contributed by atoms with van der Waals surface area (Å²) in [6.07, 6.45) is 1.06. The molecule has 0 aliphatic carbocycles. The Morgan fingerprint density at radius 2 is 1.89 bits per heavy atom. The standard InChI is InChI=1S/C20H25ClN2O4S/c1-14-8-9-19(12-15(14)2)27-11-10-22-20(24)16(3)23(28(4,25)26)18-7-5-6-17(21)13-18/h5-9,12-13,16H,10-11H2,1-4H3,(H,22,24)/t16-/m0/s1. The first-order chi connectivity index (χ1) is 13.1. The van der Waals surface area contributed by atoms with Gasteiger partial charge < -0.3 is 10.1 Å². The molecule has 0 aliphatic heterocycles. The summed E-state index contributed by atoms with van der Waals surface area (Å²) in [7, 11) is -3.68. The van der Waals surface area contributed by atoms with E-state index in [0.29, 0.717) is 10.7 Å². The van der Waals surface area contributed by atoms with E-state index in [1.54, 1.807) is 18.2 Å². The highest BCUT2D eigenvalue weighted by atomic mass is 35.5. The van der Waals surface area contributed by atoms with Gasteiger partial charge in [-0.3, -0.25) is 9.10 Å². The van der Waals surface area contributed by atoms with E-state index >= 15 is 0 Å². The fourth-order valence-electron chi connectivity index (χ4n) is 2.72. The third kappa shape index (κ3) is 5.87. The number of sulfonamides is 1. The van der Waals surface area contributed by atoms with Crippen LogP contribution in [0.3, 0.4) is 0 Å². The van der Waals surface area contributed by atoms with Crippen LogP contribution in [0.5, 0.6) is 5.75 Å². The molecule has 0 heterocycles. The summed E-state index contributed by atoms with van der Waals surface area (Å²) in [4.78, 5) is 12.5. The molecule has 0 saturated heterocycles. The van der Waals surface area contributed by atoms with Gasteiger partial charge in [0, 0.05) is 5.02 Å². The Morgan fingerprint density at radius 3 is 2.50 bits per heavy atom. The van der Waals surface area contributed by atoms with E-state index in [-0.39, 0.29) is 13.2 Å². The molecule has 1 N–H and O–H groups in total. The molecule has 1 atom stereocenters. The lowest BCUT2D eigenvalue weighted by Gasteiger charge is -2.28. The maximum absolute atomic E-state index is 12.5. The first-order valence-corrected chi connectivity index (χ1v) is 11.0. The number of aryl methyl sites for hydroxylation is 2. The zero-order valence-corrected chi connectivity index (χ0v) is 18.0. The Balaban J connectivity index is 1.98. The maximum Gasteiger partial charge on any atom is 0.243 e. The van der Waals surface area contributed by atoms with Gasteiger partial charge in [0.15, 0.2) is 0 Å². The minimum atomic E-state index is -3.68. The van der Waals surface area contributed by atoms with Crippen LogP contribution in [-0.2, 0) is 14.8 Å². The molecular weight excluding hydrogens is 400 g/mol. The Morgan fingerprint density at radius 1 is 1.18 bits per heavy atom. The van der Waals surface area contributed by atoms with E-state index in [1.165, 1.54) is 18.6 Å². The molecule has 8 heteroatoms. The fraction of sp³-hybridized carbons (Fsp3) is 0.350. The molecule has 2 aromatic carbocycles. The molecule has 1 amide bonds. The molecule has 2 rings (SSSR count). The molecule has 0 bridgehead atoms. The number of carbonyl (C=O) groups is 1. The van der Waals surface area contributed by atoms with Crippen LogP contribution < -0.4 is 14.4 Å². The van der Waals surface area contributed by atoms with Crippen molar-refractivity contribution in [3.63, 3.8) is 0 Å². The predicted molar refractivity (Wildman–Crippen MR) is 113 cm³/mol. The maximum atomic E-state index is 12.5. The third-order valence-corrected chi connectivity index (χ3v) is 5.78. The SMILES string of the molecule is Cc1ccc(OCCNC(=O)[C@H](C)N(c2cccc(Cl)c2)S(C)(=O)=O)cc1C. The number of hydrogen-bond donors (Lipinski definition) is 1. The van der Waals surface area contributed by atoms with Crippen molar-refractivity contribution in [1.82, 2.24) is 5.32 Å². The lowest BCUT2D eigenvalue weighted by Crippen LogP contribution is -2.48. The largest absolute Gasteiger partial charge is 0.492 e. The van der Waals surface area contributed by atoms with Crippen molar-refractivity contribution in [1.29, 1.82) is 0 Å². The van der Waals surface area contributed by atoms with Gasteiger partial charge in [0.05, 0.1) is 18.5 Å². The van der Waals surface area contributed by atoms with Crippen molar-refractivity contribution in [2.75, 3.05) is 23.7 Å². The molecule has 0 aromatic heterocycles. The van der Waals surface area contributed by atoms with Crippen LogP contribution in [0.25, 0.3) is 0 Å². The van der Waals surface area contributed by atoms with Gasteiger partial charge in [-0.25, -0.2) is 8.42 Å². The monoisotopic (exact) mass is 424 g/mol. The summed E-state index contributed by atoms with van der Waals surface area (Å²) < 4.78 is 31.2. The normalized spacial score (nSPS) is 12.3. The highest BCUT2D eigenvalue weighted by Crippen LogP contribution is 2.24. The minimum Gasteiger partial charge on any atom is -0.492 e. The number of halogens is 1. The van der Waals surface area contributed by atoms with Crippen LogP contribution in [0.1, 0.15) is 18.1 Å². The van der Waals surface area contributed by atoms with Crippen molar-refractivity contribution in [2.45, 2.75) is 26.8 Å². The Hall–Kier alpha value is -2.25. The van der Waals surface area contributed by atoms with E-state index in [9.17, 15) is 13.2 Å². The topological polar surface area (TPSA) is 75.7 Å². The molecular formula is C20H25ClN2O4S. The Labute approximate surface area is 171 Å². The van der Waals surface area contributed by atoms with Crippen LogP contribution in [0.15, 0.2) is 42.5 Å². The number of nitrogens with one attached hydrogen (secondary N) is 1. The minimum absolute atomic E-state index is 0.253. The summed E-state index contributed by atoms with van der Waals surface area (Å²) in [6.45, 7) is 6.08. The number of anilines is 1. The van der Waals surface area contributed by atoms with Gasteiger partial charge in [-0.05, 0) is 62.2 Å². The van der Waals surface area contributed by atoms with E-state index in [1.807, 2.05) is 32.0 Å². The van der Waals surface area contributed by atoms with Crippen LogP contribution in [0, 0.1) is 13.8 Å². The number of hydrogen-bond acceptors (Lipinski definition) is 4. The molecule has 2 aromatic rings. The van der Waals surface area contributed by atoms with Crippen LogP contribution in [0.4, 0.5) is 5.69 Å². The lowest BCUT2D eigenvalue weighted by atomic mass is 10.1. The van der Waals surface area contributed by atoms with Crippen molar-refractivity contribution in [3.8, 4) is 5.75 Å². The molecule has 6 nitrogen and oxygen atoms in total. The number of rotatable bonds is 8. The van der Waals surface area contributed by atoms with E-state index in [2.05, 4.69) is 5.32 Å². The molecule has 0 fully saturated rings. The molecule has 28 heavy (non-hydrogen) atoms. The zero-order chi connectivity index (χ0) is 20.9. The summed E-state index contributed by atoms with van der Waals surface area (Å²) in [5.74, 6) is 0.302. The fourth-order valence-corrected chi connectivity index (χ4v) is 4.07. The second-order valence-corrected chi connectivity index (χ2v) is 8.90. The summed E-state index contributed by atoms with van der Waals surface area (Å²) in [6, 6.07) is 11.2. The van der Waals surface area contributed by atoms with E-state index in [4.69, 9.17) is 16.3 Å². The van der Waals surface area contributed by atoms with Crippen molar-refractivity contribution in [2.24, 2.45) is 0 Å². The van der Waals surface area contributed by atoms with Gasteiger partial charge >= 0.3 is 0 Å². The summed E-state index contributed by atoms with van der Waals surface area (Å²) in [5, 5.41) is 3.10. The number of nitrogens with zero attached hydrogens (tertiary/aromatic N) is 1. The number of benzene rings is 2.